The number of rotatable bonds is 4. The van der Waals surface area contributed by atoms with Gasteiger partial charge in [0.05, 0.1) is 15.8 Å². The Morgan fingerprint density at radius 1 is 1.14 bits per heavy atom. The third-order valence-corrected chi connectivity index (χ3v) is 5.05. The predicted molar refractivity (Wildman–Crippen MR) is 85.8 cm³/mol. The first-order valence-corrected chi connectivity index (χ1v) is 9.12. The van der Waals surface area contributed by atoms with E-state index in [9.17, 15) is 8.42 Å². The van der Waals surface area contributed by atoms with E-state index in [0.29, 0.717) is 21.4 Å². The van der Waals surface area contributed by atoms with Crippen LogP contribution in [0.4, 0.5) is 0 Å². The fraction of sp³-hybridized carbons (Fsp3) is 0.429. The molecule has 0 bridgehead atoms. The van der Waals surface area contributed by atoms with Crippen molar-refractivity contribution in [2.45, 2.75) is 37.7 Å². The Hall–Kier alpha value is -1.11. The standard InChI is InChI=1S/C14H16Cl2N2O3S/c1-14(2,3)13-17-12(21-18-13)8-22(19,20)7-9-4-5-10(15)11(16)6-9/h4-6H,7-8H2,1-3H3. The van der Waals surface area contributed by atoms with Crippen LogP contribution < -0.4 is 0 Å². The Labute approximate surface area is 139 Å². The Morgan fingerprint density at radius 3 is 2.36 bits per heavy atom. The summed E-state index contributed by atoms with van der Waals surface area (Å²) in [5.74, 6) is 0.0881. The van der Waals surface area contributed by atoms with Crippen LogP contribution in [0.2, 0.25) is 10.0 Å². The third kappa shape index (κ3) is 4.44. The van der Waals surface area contributed by atoms with Gasteiger partial charge in [0.2, 0.25) is 5.89 Å². The van der Waals surface area contributed by atoms with Gasteiger partial charge in [0.25, 0.3) is 0 Å². The molecule has 0 amide bonds. The molecule has 0 spiro atoms. The van der Waals surface area contributed by atoms with Gasteiger partial charge in [0, 0.05) is 5.41 Å². The van der Waals surface area contributed by atoms with Crippen molar-refractivity contribution in [2.75, 3.05) is 0 Å². The van der Waals surface area contributed by atoms with Crippen molar-refractivity contribution >= 4 is 33.0 Å². The summed E-state index contributed by atoms with van der Waals surface area (Å²) < 4.78 is 29.5. The van der Waals surface area contributed by atoms with Crippen molar-refractivity contribution in [3.8, 4) is 0 Å². The van der Waals surface area contributed by atoms with Crippen molar-refractivity contribution in [2.24, 2.45) is 0 Å². The summed E-state index contributed by atoms with van der Waals surface area (Å²) in [6.07, 6.45) is 0. The summed E-state index contributed by atoms with van der Waals surface area (Å²) in [4.78, 5) is 4.14. The van der Waals surface area contributed by atoms with Crippen LogP contribution in [0.3, 0.4) is 0 Å². The lowest BCUT2D eigenvalue weighted by molar-refractivity contribution is 0.371. The van der Waals surface area contributed by atoms with Gasteiger partial charge in [-0.1, -0.05) is 55.2 Å². The number of nitrogens with zero attached hydrogens (tertiary/aromatic N) is 2. The number of hydrogen-bond donors (Lipinski definition) is 0. The Kier molecular flexibility index (Phi) is 4.84. The van der Waals surface area contributed by atoms with Crippen LogP contribution in [0.25, 0.3) is 0 Å². The molecule has 2 aromatic rings. The third-order valence-electron chi connectivity index (χ3n) is 2.85. The van der Waals surface area contributed by atoms with Crippen LogP contribution >= 0.6 is 23.2 Å². The van der Waals surface area contributed by atoms with Gasteiger partial charge in [-0.2, -0.15) is 4.98 Å². The number of aromatic nitrogens is 2. The molecule has 22 heavy (non-hydrogen) atoms. The van der Waals surface area contributed by atoms with E-state index >= 15 is 0 Å². The zero-order valence-electron chi connectivity index (χ0n) is 12.4. The zero-order valence-corrected chi connectivity index (χ0v) is 14.8. The second kappa shape index (κ2) is 6.18. The fourth-order valence-corrected chi connectivity index (χ4v) is 3.34. The highest BCUT2D eigenvalue weighted by atomic mass is 35.5. The summed E-state index contributed by atoms with van der Waals surface area (Å²) in [6, 6.07) is 4.73. The molecule has 120 valence electrons. The summed E-state index contributed by atoms with van der Waals surface area (Å²) in [6.45, 7) is 5.77. The second-order valence-corrected chi connectivity index (χ2v) is 8.92. The Morgan fingerprint density at radius 2 is 1.82 bits per heavy atom. The number of hydrogen-bond acceptors (Lipinski definition) is 5. The summed E-state index contributed by atoms with van der Waals surface area (Å²) in [7, 11) is -3.45. The van der Waals surface area contributed by atoms with E-state index in [1.165, 1.54) is 6.07 Å². The van der Waals surface area contributed by atoms with E-state index in [1.54, 1.807) is 12.1 Å². The fourth-order valence-electron chi connectivity index (χ4n) is 1.74. The molecular weight excluding hydrogens is 347 g/mol. The SMILES string of the molecule is CC(C)(C)c1noc(CS(=O)(=O)Cc2ccc(Cl)c(Cl)c2)n1. The maximum absolute atomic E-state index is 12.2. The molecule has 0 radical (unpaired) electrons. The molecule has 2 rings (SSSR count). The van der Waals surface area contributed by atoms with E-state index in [1.807, 2.05) is 20.8 Å². The van der Waals surface area contributed by atoms with E-state index in [2.05, 4.69) is 10.1 Å². The zero-order chi connectivity index (χ0) is 16.5. The van der Waals surface area contributed by atoms with Crippen molar-refractivity contribution in [3.05, 3.63) is 45.5 Å². The van der Waals surface area contributed by atoms with Gasteiger partial charge >= 0.3 is 0 Å². The molecule has 0 aliphatic carbocycles. The minimum Gasteiger partial charge on any atom is -0.338 e. The van der Waals surface area contributed by atoms with Crippen LogP contribution in [-0.2, 0) is 26.8 Å². The lowest BCUT2D eigenvalue weighted by Gasteiger charge is -2.10. The average Bonchev–Trinajstić information content (AvgIpc) is 2.81. The van der Waals surface area contributed by atoms with Gasteiger partial charge in [-0.15, -0.1) is 0 Å². The van der Waals surface area contributed by atoms with Crippen molar-refractivity contribution in [3.63, 3.8) is 0 Å². The first kappa shape index (κ1) is 17.2. The van der Waals surface area contributed by atoms with Gasteiger partial charge in [0.1, 0.15) is 5.75 Å². The topological polar surface area (TPSA) is 73.1 Å². The van der Waals surface area contributed by atoms with E-state index in [0.717, 1.165) is 0 Å². The summed E-state index contributed by atoms with van der Waals surface area (Å²) >= 11 is 11.7. The van der Waals surface area contributed by atoms with Crippen molar-refractivity contribution in [1.29, 1.82) is 0 Å². The lowest BCUT2D eigenvalue weighted by Crippen LogP contribution is -2.14. The first-order chi connectivity index (χ1) is 10.1. The molecule has 0 N–H and O–H groups in total. The molecule has 0 saturated carbocycles. The van der Waals surface area contributed by atoms with Gasteiger partial charge in [0.15, 0.2) is 15.7 Å². The van der Waals surface area contributed by atoms with Crippen LogP contribution in [-0.4, -0.2) is 18.6 Å². The average molecular weight is 363 g/mol. The molecule has 0 aliphatic rings. The maximum atomic E-state index is 12.2. The molecule has 0 unspecified atom stereocenters. The van der Waals surface area contributed by atoms with E-state index in [-0.39, 0.29) is 22.8 Å². The predicted octanol–water partition coefficient (Wildman–Crippen LogP) is 3.79. The number of sulfone groups is 1. The normalized spacial score (nSPS) is 12.6. The lowest BCUT2D eigenvalue weighted by atomic mass is 9.96. The largest absolute Gasteiger partial charge is 0.338 e. The molecule has 1 heterocycles. The van der Waals surface area contributed by atoms with Crippen LogP contribution in [0, 0.1) is 0 Å². The van der Waals surface area contributed by atoms with Crippen LogP contribution in [0.1, 0.15) is 38.0 Å². The molecule has 1 aromatic heterocycles. The van der Waals surface area contributed by atoms with Gasteiger partial charge in [-0.3, -0.25) is 0 Å². The highest BCUT2D eigenvalue weighted by Crippen LogP contribution is 2.24. The van der Waals surface area contributed by atoms with Crippen molar-refractivity contribution in [1.82, 2.24) is 10.1 Å². The minimum absolute atomic E-state index is 0.0879. The molecule has 0 aliphatic heterocycles. The highest BCUT2D eigenvalue weighted by Gasteiger charge is 2.24. The molecular formula is C14H16Cl2N2O3S. The smallest absolute Gasteiger partial charge is 0.241 e. The quantitative estimate of drug-likeness (QED) is 0.826. The van der Waals surface area contributed by atoms with E-state index in [4.69, 9.17) is 27.7 Å². The number of benzene rings is 1. The Bertz CT molecular complexity index is 780. The van der Waals surface area contributed by atoms with Gasteiger partial charge in [-0.05, 0) is 17.7 Å². The van der Waals surface area contributed by atoms with Crippen LogP contribution in [0.5, 0.6) is 0 Å². The first-order valence-electron chi connectivity index (χ1n) is 6.54. The second-order valence-electron chi connectivity index (χ2n) is 6.04. The van der Waals surface area contributed by atoms with E-state index < -0.39 is 9.84 Å². The Balaban J connectivity index is 2.14. The molecule has 0 saturated heterocycles. The minimum atomic E-state index is -3.45. The number of halogens is 2. The molecule has 1 aromatic carbocycles. The van der Waals surface area contributed by atoms with Gasteiger partial charge < -0.3 is 4.52 Å². The van der Waals surface area contributed by atoms with Gasteiger partial charge in [-0.25, -0.2) is 8.42 Å². The monoisotopic (exact) mass is 362 g/mol. The van der Waals surface area contributed by atoms with Crippen molar-refractivity contribution < 1.29 is 12.9 Å². The molecule has 0 atom stereocenters. The molecule has 0 fully saturated rings. The maximum Gasteiger partial charge on any atom is 0.241 e. The summed E-state index contributed by atoms with van der Waals surface area (Å²) in [5.41, 5.74) is 0.264. The molecule has 8 heteroatoms. The molecule has 5 nitrogen and oxygen atoms in total. The highest BCUT2D eigenvalue weighted by molar-refractivity contribution is 7.89. The van der Waals surface area contributed by atoms with Crippen LogP contribution in [0.15, 0.2) is 22.7 Å². The summed E-state index contributed by atoms with van der Waals surface area (Å²) in [5, 5.41) is 4.52.